The molecule has 0 aliphatic heterocycles. The maximum absolute atomic E-state index is 5.50. The highest BCUT2D eigenvalue weighted by Crippen LogP contribution is 2.19. The molecule has 18 heavy (non-hydrogen) atoms. The third-order valence-corrected chi connectivity index (χ3v) is 2.71. The van der Waals surface area contributed by atoms with Crippen molar-refractivity contribution in [3.63, 3.8) is 0 Å². The van der Waals surface area contributed by atoms with Gasteiger partial charge in [-0.15, -0.1) is 0 Å². The number of allylic oxidation sites excluding steroid dienone is 5. The van der Waals surface area contributed by atoms with E-state index in [0.29, 0.717) is 0 Å². The van der Waals surface area contributed by atoms with Crippen LogP contribution < -0.4 is 0 Å². The van der Waals surface area contributed by atoms with Crippen molar-refractivity contribution in [2.24, 2.45) is 0 Å². The molecule has 1 heteroatoms. The van der Waals surface area contributed by atoms with Crippen molar-refractivity contribution >= 4 is 12.3 Å². The maximum Gasteiger partial charge on any atom is -0.0187 e. The first-order valence-electron chi connectivity index (χ1n) is 6.13. The average Bonchev–Trinajstić information content (AvgIpc) is 2.44. The van der Waals surface area contributed by atoms with E-state index < -0.39 is 0 Å². The topological polar surface area (TPSA) is 23.9 Å². The van der Waals surface area contributed by atoms with Gasteiger partial charge in [0.25, 0.3) is 0 Å². The van der Waals surface area contributed by atoms with Crippen LogP contribution in [0.1, 0.15) is 31.4 Å². The summed E-state index contributed by atoms with van der Waals surface area (Å²) in [6, 6.07) is 8.62. The molecule has 1 rings (SSSR count). The van der Waals surface area contributed by atoms with Crippen molar-refractivity contribution in [3.05, 3.63) is 65.8 Å². The molecule has 0 bridgehead atoms. The average molecular weight is 241 g/mol. The van der Waals surface area contributed by atoms with Gasteiger partial charge in [0, 0.05) is 0 Å². The molecule has 0 heterocycles. The molecule has 96 valence electrons. The number of hydrogen-bond donors (Lipinski definition) is 1. The van der Waals surface area contributed by atoms with E-state index in [0.717, 1.165) is 6.42 Å². The van der Waals surface area contributed by atoms with Crippen molar-refractivity contribution in [1.29, 1.82) is 5.41 Å². The second-order valence-electron chi connectivity index (χ2n) is 3.89. The van der Waals surface area contributed by atoms with Crippen LogP contribution in [0, 0.1) is 12.3 Å². The highest BCUT2D eigenvalue weighted by molar-refractivity contribution is 5.75. The summed E-state index contributed by atoms with van der Waals surface area (Å²) in [5.41, 5.74) is 5.09. The fourth-order valence-corrected chi connectivity index (χ4v) is 1.58. The van der Waals surface area contributed by atoms with Gasteiger partial charge in [-0.1, -0.05) is 61.6 Å². The van der Waals surface area contributed by atoms with Crippen LogP contribution in [0.25, 0.3) is 5.57 Å². The molecule has 0 aliphatic carbocycles. The number of aryl methyl sites for hydroxylation is 1. The van der Waals surface area contributed by atoms with E-state index in [1.807, 2.05) is 6.08 Å². The normalized spacial score (nSPS) is 11.5. The monoisotopic (exact) mass is 241 g/mol. The SMILES string of the molecule is C=C/C(=C\C(=C/C)c1ccc(C)cc1)CC.C=N. The lowest BCUT2D eigenvalue weighted by Gasteiger charge is -2.05. The molecular weight excluding hydrogens is 218 g/mol. The molecule has 0 fully saturated rings. The molecule has 1 N–H and O–H groups in total. The van der Waals surface area contributed by atoms with Crippen LogP contribution in [-0.4, -0.2) is 6.72 Å². The second-order valence-corrected chi connectivity index (χ2v) is 3.89. The van der Waals surface area contributed by atoms with Crippen molar-refractivity contribution in [2.75, 3.05) is 0 Å². The van der Waals surface area contributed by atoms with Gasteiger partial charge in [0.1, 0.15) is 0 Å². The Morgan fingerprint density at radius 1 is 1.22 bits per heavy atom. The second kappa shape index (κ2) is 9.17. The fraction of sp³-hybridized carbons (Fsp3) is 0.235. The van der Waals surface area contributed by atoms with Gasteiger partial charge < -0.3 is 5.41 Å². The lowest BCUT2D eigenvalue weighted by molar-refractivity contribution is 1.15. The van der Waals surface area contributed by atoms with E-state index in [1.165, 1.54) is 22.3 Å². The van der Waals surface area contributed by atoms with E-state index in [1.54, 1.807) is 0 Å². The summed E-state index contributed by atoms with van der Waals surface area (Å²) in [4.78, 5) is 0. The number of nitrogens with one attached hydrogen (secondary N) is 1. The Hall–Kier alpha value is -1.89. The molecule has 0 saturated carbocycles. The van der Waals surface area contributed by atoms with Crippen LogP contribution in [0.4, 0.5) is 0 Å². The first-order valence-corrected chi connectivity index (χ1v) is 6.13. The van der Waals surface area contributed by atoms with Gasteiger partial charge >= 0.3 is 0 Å². The van der Waals surface area contributed by atoms with Gasteiger partial charge in [0.05, 0.1) is 0 Å². The minimum absolute atomic E-state index is 1.02. The molecule has 0 atom stereocenters. The van der Waals surface area contributed by atoms with Crippen LogP contribution in [-0.2, 0) is 0 Å². The molecule has 1 aromatic carbocycles. The van der Waals surface area contributed by atoms with Crippen molar-refractivity contribution < 1.29 is 0 Å². The summed E-state index contributed by atoms with van der Waals surface area (Å²) in [7, 11) is 0. The standard InChI is InChI=1S/C16H20.CH3N/c1-5-14(6-2)12-15(7-3)16-10-8-13(4)9-11-16;1-2/h5,7-12H,1,6H2,2-4H3;2H,1H2/b14-12+,15-7+;. The Morgan fingerprint density at radius 2 is 1.78 bits per heavy atom. The van der Waals surface area contributed by atoms with Gasteiger partial charge in [-0.3, -0.25) is 0 Å². The zero-order chi connectivity index (χ0) is 14.0. The van der Waals surface area contributed by atoms with Gasteiger partial charge in [-0.2, -0.15) is 0 Å². The molecule has 1 nitrogen and oxygen atoms in total. The summed E-state index contributed by atoms with van der Waals surface area (Å²) >= 11 is 0. The first-order chi connectivity index (χ1) is 8.71. The Labute approximate surface area is 111 Å². The molecular formula is C17H23N. The molecule has 0 aliphatic rings. The molecule has 0 unspecified atom stereocenters. The number of rotatable bonds is 4. The number of benzene rings is 1. The summed E-state index contributed by atoms with van der Waals surface area (Å²) in [5.74, 6) is 0. The fourth-order valence-electron chi connectivity index (χ4n) is 1.58. The minimum Gasteiger partial charge on any atom is -0.317 e. The smallest absolute Gasteiger partial charge is 0.0187 e. The van der Waals surface area contributed by atoms with Gasteiger partial charge in [-0.05, 0) is 43.7 Å². The van der Waals surface area contributed by atoms with Crippen LogP contribution in [0.5, 0.6) is 0 Å². The number of hydrogen-bond acceptors (Lipinski definition) is 1. The molecule has 0 spiro atoms. The highest BCUT2D eigenvalue weighted by atomic mass is 14.2. The zero-order valence-electron chi connectivity index (χ0n) is 11.7. The first kappa shape index (κ1) is 16.1. The lowest BCUT2D eigenvalue weighted by atomic mass is 10.0. The van der Waals surface area contributed by atoms with Gasteiger partial charge in [0.15, 0.2) is 0 Å². The van der Waals surface area contributed by atoms with E-state index >= 15 is 0 Å². The Morgan fingerprint density at radius 3 is 2.17 bits per heavy atom. The summed E-state index contributed by atoms with van der Waals surface area (Å²) < 4.78 is 0. The third kappa shape index (κ3) is 4.96. The molecule has 0 aromatic heterocycles. The van der Waals surface area contributed by atoms with Gasteiger partial charge in [-0.25, -0.2) is 0 Å². The molecule has 0 radical (unpaired) electrons. The maximum atomic E-state index is 5.50. The highest BCUT2D eigenvalue weighted by Gasteiger charge is 1.98. The van der Waals surface area contributed by atoms with E-state index in [4.69, 9.17) is 5.41 Å². The van der Waals surface area contributed by atoms with E-state index in [-0.39, 0.29) is 0 Å². The largest absolute Gasteiger partial charge is 0.317 e. The predicted molar refractivity (Wildman–Crippen MR) is 83.2 cm³/mol. The van der Waals surface area contributed by atoms with Crippen LogP contribution in [0.15, 0.2) is 54.6 Å². The third-order valence-electron chi connectivity index (χ3n) is 2.71. The summed E-state index contributed by atoms with van der Waals surface area (Å²) in [6.07, 6.45) is 7.30. The Bertz CT molecular complexity index is 421. The predicted octanol–water partition coefficient (Wildman–Crippen LogP) is 5.19. The van der Waals surface area contributed by atoms with Gasteiger partial charge in [0.2, 0.25) is 0 Å². The van der Waals surface area contributed by atoms with E-state index in [2.05, 4.69) is 70.5 Å². The van der Waals surface area contributed by atoms with E-state index in [9.17, 15) is 0 Å². The molecule has 0 saturated heterocycles. The molecule has 0 amide bonds. The van der Waals surface area contributed by atoms with Crippen molar-refractivity contribution in [1.82, 2.24) is 0 Å². The van der Waals surface area contributed by atoms with Crippen LogP contribution in [0.3, 0.4) is 0 Å². The quantitative estimate of drug-likeness (QED) is 0.554. The van der Waals surface area contributed by atoms with Crippen molar-refractivity contribution in [3.8, 4) is 0 Å². The zero-order valence-corrected chi connectivity index (χ0v) is 11.7. The van der Waals surface area contributed by atoms with Crippen LogP contribution in [0.2, 0.25) is 0 Å². The summed E-state index contributed by atoms with van der Waals surface area (Å²) in [6.45, 7) is 12.7. The summed E-state index contributed by atoms with van der Waals surface area (Å²) in [5, 5.41) is 5.50. The minimum atomic E-state index is 1.02. The Kier molecular flexibility index (Phi) is 8.21. The lowest BCUT2D eigenvalue weighted by Crippen LogP contribution is -1.83. The van der Waals surface area contributed by atoms with Crippen LogP contribution >= 0.6 is 0 Å². The van der Waals surface area contributed by atoms with Crippen molar-refractivity contribution in [2.45, 2.75) is 27.2 Å². The molecule has 1 aromatic rings. The Balaban J connectivity index is 0.00000137.